The third-order valence-electron chi connectivity index (χ3n) is 4.65. The van der Waals surface area contributed by atoms with E-state index in [4.69, 9.17) is 14.2 Å². The molecule has 1 N–H and O–H groups in total. The Morgan fingerprint density at radius 1 is 1.03 bits per heavy atom. The van der Waals surface area contributed by atoms with Crippen LogP contribution in [0.2, 0.25) is 0 Å². The molecule has 2 aromatic carbocycles. The second-order valence-corrected chi connectivity index (χ2v) is 9.21. The summed E-state index contributed by atoms with van der Waals surface area (Å²) >= 11 is 0. The van der Waals surface area contributed by atoms with Gasteiger partial charge in [0, 0.05) is 13.1 Å². The lowest BCUT2D eigenvalue weighted by molar-refractivity contribution is -0.121. The molecule has 2 rings (SSSR count). The molecule has 0 fully saturated rings. The summed E-state index contributed by atoms with van der Waals surface area (Å²) in [7, 11) is 0.363. The number of methoxy groups -OCH3 is 2. The minimum atomic E-state index is -3.87. The molecule has 0 unspecified atom stereocenters. The molecular formula is C22H30N2O6S. The summed E-state index contributed by atoms with van der Waals surface area (Å²) in [4.78, 5) is 12.2. The minimum Gasteiger partial charge on any atom is -0.493 e. The standard InChI is InChI=1S/C22H30N2O6S/c1-16(2)18-8-6-7-9-19(18)30-13-12-23-22(25)15-24(3)31(26,27)17-10-11-20(28-4)21(14-17)29-5/h6-11,14,16H,12-13,15H2,1-5H3,(H,23,25). The fraction of sp³-hybridized carbons (Fsp3) is 0.409. The van der Waals surface area contributed by atoms with Gasteiger partial charge >= 0.3 is 0 Å². The Hall–Kier alpha value is -2.78. The van der Waals surface area contributed by atoms with Gasteiger partial charge in [-0.15, -0.1) is 0 Å². The van der Waals surface area contributed by atoms with Gasteiger partial charge in [0.25, 0.3) is 0 Å². The molecule has 0 radical (unpaired) electrons. The molecule has 0 aromatic heterocycles. The predicted molar refractivity (Wildman–Crippen MR) is 118 cm³/mol. The Morgan fingerprint density at radius 3 is 2.35 bits per heavy atom. The number of hydrogen-bond donors (Lipinski definition) is 1. The highest BCUT2D eigenvalue weighted by atomic mass is 32.2. The van der Waals surface area contributed by atoms with Crippen LogP contribution in [0.15, 0.2) is 47.4 Å². The Kier molecular flexibility index (Phi) is 8.70. The molecule has 1 amide bonds. The van der Waals surface area contributed by atoms with Crippen LogP contribution in [-0.4, -0.2) is 59.6 Å². The Bertz CT molecular complexity index is 991. The predicted octanol–water partition coefficient (Wildman–Crippen LogP) is 2.64. The highest BCUT2D eigenvalue weighted by molar-refractivity contribution is 7.89. The van der Waals surface area contributed by atoms with Crippen molar-refractivity contribution in [3.05, 3.63) is 48.0 Å². The van der Waals surface area contributed by atoms with Crippen LogP contribution >= 0.6 is 0 Å². The van der Waals surface area contributed by atoms with Crippen molar-refractivity contribution in [3.63, 3.8) is 0 Å². The quantitative estimate of drug-likeness (QED) is 0.529. The molecule has 0 spiro atoms. The van der Waals surface area contributed by atoms with Crippen LogP contribution in [0, 0.1) is 0 Å². The fourth-order valence-electron chi connectivity index (χ4n) is 2.94. The number of para-hydroxylation sites is 1. The number of amides is 1. The topological polar surface area (TPSA) is 94.2 Å². The molecule has 0 saturated carbocycles. The zero-order chi connectivity index (χ0) is 23.0. The summed E-state index contributed by atoms with van der Waals surface area (Å²) in [6.45, 7) is 4.38. The molecule has 0 atom stereocenters. The van der Waals surface area contributed by atoms with Crippen molar-refractivity contribution in [1.29, 1.82) is 0 Å². The Morgan fingerprint density at radius 2 is 1.71 bits per heavy atom. The highest BCUT2D eigenvalue weighted by Gasteiger charge is 2.24. The van der Waals surface area contributed by atoms with Crippen LogP contribution in [0.1, 0.15) is 25.3 Å². The second kappa shape index (κ2) is 11.0. The molecule has 0 aliphatic heterocycles. The molecule has 9 heteroatoms. The van der Waals surface area contributed by atoms with Crippen molar-refractivity contribution < 1.29 is 27.4 Å². The number of benzene rings is 2. The number of carbonyl (C=O) groups is 1. The third-order valence-corrected chi connectivity index (χ3v) is 6.45. The summed E-state index contributed by atoms with van der Waals surface area (Å²) in [6, 6.07) is 12.0. The lowest BCUT2D eigenvalue weighted by Gasteiger charge is -2.18. The molecule has 0 saturated heterocycles. The number of likely N-dealkylation sites (N-methyl/N-ethyl adjacent to an activating group) is 1. The van der Waals surface area contributed by atoms with Gasteiger partial charge in [-0.1, -0.05) is 32.0 Å². The van der Waals surface area contributed by atoms with E-state index >= 15 is 0 Å². The maximum atomic E-state index is 12.8. The number of nitrogens with one attached hydrogen (secondary N) is 1. The first-order valence-electron chi connectivity index (χ1n) is 9.87. The van der Waals surface area contributed by atoms with Crippen molar-refractivity contribution in [1.82, 2.24) is 9.62 Å². The minimum absolute atomic E-state index is 0.00840. The normalized spacial score (nSPS) is 11.5. The van der Waals surface area contributed by atoms with Crippen molar-refractivity contribution in [2.75, 3.05) is 41.0 Å². The average molecular weight is 451 g/mol. The van der Waals surface area contributed by atoms with Crippen molar-refractivity contribution in [2.24, 2.45) is 0 Å². The smallest absolute Gasteiger partial charge is 0.243 e. The molecule has 0 aliphatic rings. The van der Waals surface area contributed by atoms with Crippen LogP contribution in [0.4, 0.5) is 0 Å². The largest absolute Gasteiger partial charge is 0.493 e. The Labute approximate surface area is 184 Å². The number of nitrogens with zero attached hydrogens (tertiary/aromatic N) is 1. The maximum Gasteiger partial charge on any atom is 0.243 e. The van der Waals surface area contributed by atoms with Gasteiger partial charge in [0.1, 0.15) is 12.4 Å². The molecule has 170 valence electrons. The van der Waals surface area contributed by atoms with Gasteiger partial charge in [-0.05, 0) is 29.7 Å². The lowest BCUT2D eigenvalue weighted by Crippen LogP contribution is -2.39. The van der Waals surface area contributed by atoms with E-state index in [0.29, 0.717) is 17.4 Å². The van der Waals surface area contributed by atoms with E-state index in [1.807, 2.05) is 24.3 Å². The van der Waals surface area contributed by atoms with Crippen LogP contribution in [-0.2, 0) is 14.8 Å². The van der Waals surface area contributed by atoms with E-state index in [2.05, 4.69) is 19.2 Å². The van der Waals surface area contributed by atoms with E-state index in [1.165, 1.54) is 39.5 Å². The fourth-order valence-corrected chi connectivity index (χ4v) is 4.08. The van der Waals surface area contributed by atoms with Gasteiger partial charge in [0.05, 0.1) is 32.2 Å². The molecule has 31 heavy (non-hydrogen) atoms. The summed E-state index contributed by atoms with van der Waals surface area (Å²) < 4.78 is 42.6. The van der Waals surface area contributed by atoms with Gasteiger partial charge in [-0.25, -0.2) is 8.42 Å². The molecule has 2 aromatic rings. The van der Waals surface area contributed by atoms with Gasteiger partial charge in [0.15, 0.2) is 11.5 Å². The van der Waals surface area contributed by atoms with Crippen molar-refractivity contribution >= 4 is 15.9 Å². The van der Waals surface area contributed by atoms with E-state index in [1.54, 1.807) is 0 Å². The zero-order valence-corrected chi connectivity index (χ0v) is 19.4. The molecule has 0 heterocycles. The monoisotopic (exact) mass is 450 g/mol. The molecule has 8 nitrogen and oxygen atoms in total. The highest BCUT2D eigenvalue weighted by Crippen LogP contribution is 2.30. The summed E-state index contributed by atoms with van der Waals surface area (Å²) in [6.07, 6.45) is 0. The van der Waals surface area contributed by atoms with Crippen molar-refractivity contribution in [2.45, 2.75) is 24.7 Å². The van der Waals surface area contributed by atoms with Gasteiger partial charge in [-0.2, -0.15) is 4.31 Å². The number of carbonyl (C=O) groups excluding carboxylic acids is 1. The average Bonchev–Trinajstić information content (AvgIpc) is 2.76. The van der Waals surface area contributed by atoms with Crippen LogP contribution in [0.3, 0.4) is 0 Å². The molecule has 0 bridgehead atoms. The SMILES string of the molecule is COc1ccc(S(=O)(=O)N(C)CC(=O)NCCOc2ccccc2C(C)C)cc1OC. The summed E-state index contributed by atoms with van der Waals surface area (Å²) in [5.41, 5.74) is 1.09. The number of ether oxygens (including phenoxy) is 3. The number of sulfonamides is 1. The van der Waals surface area contributed by atoms with E-state index < -0.39 is 15.9 Å². The summed E-state index contributed by atoms with van der Waals surface area (Å²) in [5, 5.41) is 2.68. The first kappa shape index (κ1) is 24.5. The molecule has 0 aliphatic carbocycles. The first-order valence-corrected chi connectivity index (χ1v) is 11.3. The van der Waals surface area contributed by atoms with E-state index in [9.17, 15) is 13.2 Å². The summed E-state index contributed by atoms with van der Waals surface area (Å²) in [5.74, 6) is 1.38. The lowest BCUT2D eigenvalue weighted by atomic mass is 10.0. The van der Waals surface area contributed by atoms with Gasteiger partial charge in [0.2, 0.25) is 15.9 Å². The molecular weight excluding hydrogens is 420 g/mol. The Balaban J connectivity index is 1.90. The van der Waals surface area contributed by atoms with Crippen LogP contribution in [0.25, 0.3) is 0 Å². The third kappa shape index (κ3) is 6.35. The van der Waals surface area contributed by atoms with E-state index in [-0.39, 0.29) is 24.6 Å². The zero-order valence-electron chi connectivity index (χ0n) is 18.5. The number of hydrogen-bond acceptors (Lipinski definition) is 6. The van der Waals surface area contributed by atoms with Gasteiger partial charge < -0.3 is 19.5 Å². The van der Waals surface area contributed by atoms with E-state index in [0.717, 1.165) is 15.6 Å². The maximum absolute atomic E-state index is 12.8. The van der Waals surface area contributed by atoms with Gasteiger partial charge in [-0.3, -0.25) is 4.79 Å². The first-order chi connectivity index (χ1) is 14.7. The second-order valence-electron chi connectivity index (χ2n) is 7.17. The van der Waals surface area contributed by atoms with Crippen LogP contribution in [0.5, 0.6) is 17.2 Å². The van der Waals surface area contributed by atoms with Crippen LogP contribution < -0.4 is 19.5 Å². The number of rotatable bonds is 11. The van der Waals surface area contributed by atoms with Crippen molar-refractivity contribution in [3.8, 4) is 17.2 Å².